The monoisotopic (exact) mass is 302 g/mol. The van der Waals surface area contributed by atoms with Crippen molar-refractivity contribution in [1.82, 2.24) is 4.98 Å². The average Bonchev–Trinajstić information content (AvgIpc) is 2.95. The Bertz CT molecular complexity index is 645. The molecule has 0 spiro atoms. The van der Waals surface area contributed by atoms with E-state index in [1.54, 1.807) is 0 Å². The molecule has 1 aliphatic heterocycles. The molecule has 1 aliphatic rings. The first-order valence-corrected chi connectivity index (χ1v) is 8.22. The van der Waals surface area contributed by atoms with Crippen molar-refractivity contribution < 1.29 is 0 Å². The van der Waals surface area contributed by atoms with Crippen LogP contribution in [0.25, 0.3) is 10.9 Å². The molecule has 0 radical (unpaired) electrons. The summed E-state index contributed by atoms with van der Waals surface area (Å²) >= 11 is 6.03. The summed E-state index contributed by atoms with van der Waals surface area (Å²) in [6, 6.07) is 10.5. The molecule has 1 aromatic carbocycles. The van der Waals surface area contributed by atoms with Gasteiger partial charge in [0.05, 0.1) is 17.1 Å². The number of anilines is 1. The van der Waals surface area contributed by atoms with Crippen LogP contribution in [-0.2, 0) is 5.88 Å². The Morgan fingerprint density at radius 2 is 2.05 bits per heavy atom. The maximum Gasteiger partial charge on any atom is 0.0726 e. The van der Waals surface area contributed by atoms with E-state index in [1.807, 2.05) is 6.07 Å². The van der Waals surface area contributed by atoms with E-state index in [-0.39, 0.29) is 0 Å². The van der Waals surface area contributed by atoms with E-state index in [1.165, 1.54) is 17.5 Å². The summed E-state index contributed by atoms with van der Waals surface area (Å²) in [7, 11) is 0. The first-order valence-electron chi connectivity index (χ1n) is 7.68. The minimum atomic E-state index is 0.368. The summed E-state index contributed by atoms with van der Waals surface area (Å²) in [5.74, 6) is 1.21. The predicted molar refractivity (Wildman–Crippen MR) is 91.1 cm³/mol. The van der Waals surface area contributed by atoms with Gasteiger partial charge in [-0.2, -0.15) is 0 Å². The number of hydrogen-bond donors (Lipinski definition) is 0. The van der Waals surface area contributed by atoms with Crippen LogP contribution in [0.2, 0.25) is 0 Å². The Balaban J connectivity index is 2.00. The van der Waals surface area contributed by atoms with Gasteiger partial charge in [-0.25, -0.2) is 0 Å². The highest BCUT2D eigenvalue weighted by atomic mass is 35.5. The summed E-state index contributed by atoms with van der Waals surface area (Å²) in [5.41, 5.74) is 3.67. The molecular formula is C18H23ClN2. The smallest absolute Gasteiger partial charge is 0.0726 e. The lowest BCUT2D eigenvalue weighted by molar-refractivity contribution is 0.263. The molecule has 0 saturated carbocycles. The number of aromatic nitrogens is 1. The second-order valence-corrected chi connectivity index (χ2v) is 7.35. The first kappa shape index (κ1) is 14.6. The van der Waals surface area contributed by atoms with E-state index in [2.05, 4.69) is 54.9 Å². The van der Waals surface area contributed by atoms with Crippen molar-refractivity contribution in [3.8, 4) is 0 Å². The number of hydrogen-bond acceptors (Lipinski definition) is 2. The molecule has 0 amide bonds. The van der Waals surface area contributed by atoms with Crippen molar-refractivity contribution >= 4 is 28.2 Å². The van der Waals surface area contributed by atoms with E-state index < -0.39 is 0 Å². The third-order valence-corrected chi connectivity index (χ3v) is 4.91. The van der Waals surface area contributed by atoms with Crippen molar-refractivity contribution in [3.63, 3.8) is 0 Å². The van der Waals surface area contributed by atoms with Crippen LogP contribution in [0.3, 0.4) is 0 Å². The van der Waals surface area contributed by atoms with Crippen LogP contribution >= 0.6 is 11.6 Å². The minimum Gasteiger partial charge on any atom is -0.371 e. The molecule has 0 bridgehead atoms. The predicted octanol–water partition coefficient (Wildman–Crippen LogP) is 4.85. The first-order chi connectivity index (χ1) is 9.99. The van der Waals surface area contributed by atoms with Gasteiger partial charge in [-0.15, -0.1) is 11.6 Å². The number of halogens is 1. The SMILES string of the molecule is CC(C)(C)C1CCN(c2cc(CCl)nc3ccccc23)C1. The number of benzene rings is 1. The van der Waals surface area contributed by atoms with E-state index in [0.717, 1.165) is 30.2 Å². The lowest BCUT2D eigenvalue weighted by Crippen LogP contribution is -2.26. The molecule has 3 heteroatoms. The Kier molecular flexibility index (Phi) is 3.83. The third kappa shape index (κ3) is 2.87. The van der Waals surface area contributed by atoms with Crippen molar-refractivity contribution in [2.45, 2.75) is 33.1 Å². The molecule has 0 N–H and O–H groups in total. The molecule has 1 atom stereocenters. The van der Waals surface area contributed by atoms with Crippen LogP contribution in [0.5, 0.6) is 0 Å². The summed E-state index contributed by atoms with van der Waals surface area (Å²) < 4.78 is 0. The topological polar surface area (TPSA) is 16.1 Å². The molecule has 2 nitrogen and oxygen atoms in total. The van der Waals surface area contributed by atoms with Crippen LogP contribution in [0.4, 0.5) is 5.69 Å². The molecule has 2 aromatic rings. The maximum atomic E-state index is 6.03. The van der Waals surface area contributed by atoms with E-state index in [4.69, 9.17) is 11.6 Å². The Labute approximate surface area is 132 Å². The fourth-order valence-corrected chi connectivity index (χ4v) is 3.36. The third-order valence-electron chi connectivity index (χ3n) is 4.64. The average molecular weight is 303 g/mol. The molecule has 0 aliphatic carbocycles. The molecule has 2 heterocycles. The lowest BCUT2D eigenvalue weighted by atomic mass is 9.80. The van der Waals surface area contributed by atoms with Crippen molar-refractivity contribution in [2.24, 2.45) is 11.3 Å². The highest BCUT2D eigenvalue weighted by Gasteiger charge is 2.32. The highest BCUT2D eigenvalue weighted by molar-refractivity contribution is 6.17. The number of fused-ring (bicyclic) bond motifs is 1. The summed E-state index contributed by atoms with van der Waals surface area (Å²) in [5, 5.41) is 1.24. The molecule has 1 aromatic heterocycles. The minimum absolute atomic E-state index is 0.368. The van der Waals surface area contributed by atoms with Gasteiger partial charge in [0.1, 0.15) is 0 Å². The van der Waals surface area contributed by atoms with Crippen LogP contribution in [0.1, 0.15) is 32.9 Å². The van der Waals surface area contributed by atoms with Gasteiger partial charge in [0, 0.05) is 24.2 Å². The van der Waals surface area contributed by atoms with Gasteiger partial charge in [-0.1, -0.05) is 39.0 Å². The molecule has 112 valence electrons. The van der Waals surface area contributed by atoms with Gasteiger partial charge in [-0.3, -0.25) is 4.98 Å². The number of para-hydroxylation sites is 1. The second-order valence-electron chi connectivity index (χ2n) is 7.08. The fraction of sp³-hybridized carbons (Fsp3) is 0.500. The standard InChI is InChI=1S/C18H23ClN2/c1-18(2,3)13-8-9-21(12-13)17-10-14(11-19)20-16-7-5-4-6-15(16)17/h4-7,10,13H,8-9,11-12H2,1-3H3. The van der Waals surface area contributed by atoms with Crippen LogP contribution < -0.4 is 4.90 Å². The van der Waals surface area contributed by atoms with Crippen molar-refractivity contribution in [1.29, 1.82) is 0 Å². The number of alkyl halides is 1. The van der Waals surface area contributed by atoms with Gasteiger partial charge in [0.15, 0.2) is 0 Å². The van der Waals surface area contributed by atoms with E-state index in [0.29, 0.717) is 11.3 Å². The van der Waals surface area contributed by atoms with Crippen LogP contribution in [0.15, 0.2) is 30.3 Å². The highest BCUT2D eigenvalue weighted by Crippen LogP contribution is 2.37. The Hall–Kier alpha value is -1.28. The van der Waals surface area contributed by atoms with E-state index >= 15 is 0 Å². The molecule has 1 fully saturated rings. The number of nitrogens with zero attached hydrogens (tertiary/aromatic N) is 2. The number of pyridine rings is 1. The normalized spacial score (nSPS) is 19.4. The molecule has 1 saturated heterocycles. The van der Waals surface area contributed by atoms with Crippen molar-refractivity contribution in [2.75, 3.05) is 18.0 Å². The zero-order valence-corrected chi connectivity index (χ0v) is 13.8. The maximum absolute atomic E-state index is 6.03. The summed E-state index contributed by atoms with van der Waals surface area (Å²) in [6.45, 7) is 9.28. The molecule has 1 unspecified atom stereocenters. The zero-order chi connectivity index (χ0) is 15.0. The van der Waals surface area contributed by atoms with Gasteiger partial charge < -0.3 is 4.90 Å². The summed E-state index contributed by atoms with van der Waals surface area (Å²) in [6.07, 6.45) is 1.26. The molecule has 3 rings (SSSR count). The second kappa shape index (κ2) is 5.49. The van der Waals surface area contributed by atoms with E-state index in [9.17, 15) is 0 Å². The van der Waals surface area contributed by atoms with Gasteiger partial charge in [0.25, 0.3) is 0 Å². The van der Waals surface area contributed by atoms with Gasteiger partial charge >= 0.3 is 0 Å². The fourth-order valence-electron chi connectivity index (χ4n) is 3.23. The van der Waals surface area contributed by atoms with Crippen LogP contribution in [0, 0.1) is 11.3 Å². The van der Waals surface area contributed by atoms with Gasteiger partial charge in [0.2, 0.25) is 0 Å². The Morgan fingerprint density at radius 3 is 2.71 bits per heavy atom. The lowest BCUT2D eigenvalue weighted by Gasteiger charge is -2.28. The Morgan fingerprint density at radius 1 is 1.29 bits per heavy atom. The quantitative estimate of drug-likeness (QED) is 0.738. The zero-order valence-electron chi connectivity index (χ0n) is 13.1. The van der Waals surface area contributed by atoms with Crippen LogP contribution in [-0.4, -0.2) is 18.1 Å². The molecule has 21 heavy (non-hydrogen) atoms. The van der Waals surface area contributed by atoms with Gasteiger partial charge in [-0.05, 0) is 29.9 Å². The summed E-state index contributed by atoms with van der Waals surface area (Å²) in [4.78, 5) is 7.14. The number of rotatable bonds is 2. The largest absolute Gasteiger partial charge is 0.371 e. The van der Waals surface area contributed by atoms with Crippen molar-refractivity contribution in [3.05, 3.63) is 36.0 Å². The molecular weight excluding hydrogens is 280 g/mol.